The fourth-order valence-corrected chi connectivity index (χ4v) is 4.01. The van der Waals surface area contributed by atoms with Crippen LogP contribution < -0.4 is 5.32 Å². The first-order chi connectivity index (χ1) is 11.1. The fraction of sp³-hybridized carbons (Fsp3) is 0.588. The Bertz CT molecular complexity index is 696. The number of halogens is 1. The molecule has 134 valence electrons. The minimum Gasteiger partial charge on any atom is -0.376 e. The summed E-state index contributed by atoms with van der Waals surface area (Å²) in [6.45, 7) is 5.89. The number of carbonyl (C=O) groups excluding carboxylic acids is 1. The van der Waals surface area contributed by atoms with E-state index in [0.29, 0.717) is 17.5 Å². The van der Waals surface area contributed by atoms with Crippen molar-refractivity contribution in [2.45, 2.75) is 26.0 Å². The molecule has 1 aliphatic rings. The van der Waals surface area contributed by atoms with Gasteiger partial charge in [0.2, 0.25) is 5.91 Å². The van der Waals surface area contributed by atoms with Gasteiger partial charge in [0, 0.05) is 30.6 Å². The number of rotatable bonds is 5. The third-order valence-electron chi connectivity index (χ3n) is 4.14. The number of sulfone groups is 1. The predicted molar refractivity (Wildman–Crippen MR) is 93.0 cm³/mol. The predicted octanol–water partition coefficient (Wildman–Crippen LogP) is 2.29. The first-order valence-electron chi connectivity index (χ1n) is 8.12. The van der Waals surface area contributed by atoms with Gasteiger partial charge in [-0.15, -0.1) is 0 Å². The van der Waals surface area contributed by atoms with Crippen LogP contribution in [0.1, 0.15) is 25.8 Å². The molecule has 0 radical (unpaired) electrons. The summed E-state index contributed by atoms with van der Waals surface area (Å²) in [6, 6.07) is 4.27. The summed E-state index contributed by atoms with van der Waals surface area (Å²) in [5.74, 6) is 0.0599. The number of piperidine rings is 1. The molecule has 1 fully saturated rings. The average Bonchev–Trinajstić information content (AvgIpc) is 2.45. The topological polar surface area (TPSA) is 66.5 Å². The minimum absolute atomic E-state index is 0.00554. The SMILES string of the molecule is C[C@H]1C[C@H](C)CN(C(=O)CNc2ccc(CS(C)(=O)=O)c(F)c2)C1. The quantitative estimate of drug-likeness (QED) is 0.879. The van der Waals surface area contributed by atoms with Gasteiger partial charge in [0.25, 0.3) is 0 Å². The van der Waals surface area contributed by atoms with Crippen LogP contribution in [0.15, 0.2) is 18.2 Å². The third kappa shape index (κ3) is 5.47. The molecular formula is C17H25FN2O3S. The second-order valence-corrected chi connectivity index (χ2v) is 9.11. The lowest BCUT2D eigenvalue weighted by Crippen LogP contribution is -2.44. The molecule has 2 atom stereocenters. The molecule has 0 aromatic heterocycles. The number of hydrogen-bond donors (Lipinski definition) is 1. The zero-order valence-corrected chi connectivity index (χ0v) is 15.2. The summed E-state index contributed by atoms with van der Waals surface area (Å²) in [5.41, 5.74) is 0.601. The second-order valence-electron chi connectivity index (χ2n) is 6.97. The van der Waals surface area contributed by atoms with E-state index in [4.69, 9.17) is 0 Å². The van der Waals surface area contributed by atoms with E-state index in [1.165, 1.54) is 12.1 Å². The van der Waals surface area contributed by atoms with Crippen molar-refractivity contribution >= 4 is 21.4 Å². The molecule has 1 amide bonds. The summed E-state index contributed by atoms with van der Waals surface area (Å²) in [5, 5.41) is 2.92. The van der Waals surface area contributed by atoms with Gasteiger partial charge in [0.05, 0.1) is 12.3 Å². The van der Waals surface area contributed by atoms with E-state index in [2.05, 4.69) is 19.2 Å². The van der Waals surface area contributed by atoms with E-state index >= 15 is 0 Å². The average molecular weight is 356 g/mol. The van der Waals surface area contributed by atoms with Gasteiger partial charge in [-0.1, -0.05) is 19.9 Å². The highest BCUT2D eigenvalue weighted by molar-refractivity contribution is 7.89. The molecule has 24 heavy (non-hydrogen) atoms. The van der Waals surface area contributed by atoms with E-state index < -0.39 is 15.7 Å². The Morgan fingerprint density at radius 2 is 1.92 bits per heavy atom. The summed E-state index contributed by atoms with van der Waals surface area (Å²) < 4.78 is 36.5. The number of likely N-dealkylation sites (tertiary alicyclic amines) is 1. The van der Waals surface area contributed by atoms with Crippen molar-refractivity contribution < 1.29 is 17.6 Å². The van der Waals surface area contributed by atoms with Gasteiger partial charge in [-0.2, -0.15) is 0 Å². The minimum atomic E-state index is -3.28. The molecule has 5 nitrogen and oxygen atoms in total. The Morgan fingerprint density at radius 3 is 2.46 bits per heavy atom. The van der Waals surface area contributed by atoms with E-state index in [-0.39, 0.29) is 23.8 Å². The normalized spacial score (nSPS) is 21.6. The van der Waals surface area contributed by atoms with Gasteiger partial charge < -0.3 is 10.2 Å². The molecule has 1 aromatic rings. The molecule has 1 heterocycles. The van der Waals surface area contributed by atoms with Crippen LogP contribution in [0.2, 0.25) is 0 Å². The fourth-order valence-electron chi connectivity index (χ4n) is 3.21. The van der Waals surface area contributed by atoms with Gasteiger partial charge in [0.1, 0.15) is 5.82 Å². The lowest BCUT2D eigenvalue weighted by atomic mass is 9.92. The van der Waals surface area contributed by atoms with Crippen molar-refractivity contribution in [2.24, 2.45) is 11.8 Å². The summed E-state index contributed by atoms with van der Waals surface area (Å²) in [4.78, 5) is 14.1. The second kappa shape index (κ2) is 7.51. The van der Waals surface area contributed by atoms with Crippen LogP contribution in [0.4, 0.5) is 10.1 Å². The standard InChI is InChI=1S/C17H25FN2O3S/c1-12-6-13(2)10-20(9-12)17(21)8-19-15-5-4-14(16(18)7-15)11-24(3,22)23/h4-5,7,12-13,19H,6,8-11H2,1-3H3/t12-,13-/m0/s1. The smallest absolute Gasteiger partial charge is 0.241 e. The number of nitrogens with zero attached hydrogens (tertiary/aromatic N) is 1. The molecule has 7 heteroatoms. The first kappa shape index (κ1) is 18.7. The number of anilines is 1. The monoisotopic (exact) mass is 356 g/mol. The summed E-state index contributed by atoms with van der Waals surface area (Å²) in [6.07, 6.45) is 2.20. The zero-order valence-electron chi connectivity index (χ0n) is 14.4. The highest BCUT2D eigenvalue weighted by Crippen LogP contribution is 2.21. The number of benzene rings is 1. The maximum atomic E-state index is 14.0. The number of nitrogens with one attached hydrogen (secondary N) is 1. The van der Waals surface area contributed by atoms with Gasteiger partial charge >= 0.3 is 0 Å². The first-order valence-corrected chi connectivity index (χ1v) is 10.2. The van der Waals surface area contributed by atoms with Crippen LogP contribution in [0.3, 0.4) is 0 Å². The maximum absolute atomic E-state index is 14.0. The largest absolute Gasteiger partial charge is 0.376 e. The molecule has 0 saturated carbocycles. The van der Waals surface area contributed by atoms with Crippen LogP contribution in [0.25, 0.3) is 0 Å². The van der Waals surface area contributed by atoms with Crippen molar-refractivity contribution in [1.82, 2.24) is 4.90 Å². The van der Waals surface area contributed by atoms with Crippen molar-refractivity contribution in [2.75, 3.05) is 31.2 Å². The molecule has 1 N–H and O–H groups in total. The Labute approximate surface area is 143 Å². The van der Waals surface area contributed by atoms with E-state index in [9.17, 15) is 17.6 Å². The lowest BCUT2D eigenvalue weighted by molar-refractivity contribution is -0.131. The van der Waals surface area contributed by atoms with Crippen LogP contribution >= 0.6 is 0 Å². The van der Waals surface area contributed by atoms with Crippen LogP contribution in [0.5, 0.6) is 0 Å². The summed E-state index contributed by atoms with van der Waals surface area (Å²) in [7, 11) is -3.28. The van der Waals surface area contributed by atoms with Gasteiger partial charge in [-0.25, -0.2) is 12.8 Å². The molecular weight excluding hydrogens is 331 g/mol. The van der Waals surface area contributed by atoms with E-state index in [0.717, 1.165) is 25.8 Å². The van der Waals surface area contributed by atoms with Crippen molar-refractivity contribution in [3.05, 3.63) is 29.6 Å². The van der Waals surface area contributed by atoms with Gasteiger partial charge in [-0.05, 0) is 30.4 Å². The number of hydrogen-bond acceptors (Lipinski definition) is 4. The number of amides is 1. The third-order valence-corrected chi connectivity index (χ3v) is 4.97. The van der Waals surface area contributed by atoms with E-state index in [1.807, 2.05) is 4.90 Å². The Morgan fingerprint density at radius 1 is 1.29 bits per heavy atom. The highest BCUT2D eigenvalue weighted by Gasteiger charge is 2.25. The molecule has 1 aliphatic heterocycles. The molecule has 0 unspecified atom stereocenters. The lowest BCUT2D eigenvalue weighted by Gasteiger charge is -2.35. The zero-order chi connectivity index (χ0) is 17.9. The Balaban J connectivity index is 1.94. The van der Waals surface area contributed by atoms with Crippen molar-refractivity contribution in [1.29, 1.82) is 0 Å². The van der Waals surface area contributed by atoms with Gasteiger partial charge in [-0.3, -0.25) is 4.79 Å². The molecule has 2 rings (SSSR count). The van der Waals surface area contributed by atoms with Crippen molar-refractivity contribution in [3.63, 3.8) is 0 Å². The summed E-state index contributed by atoms with van der Waals surface area (Å²) >= 11 is 0. The Kier molecular flexibility index (Phi) is 5.85. The van der Waals surface area contributed by atoms with Crippen LogP contribution in [-0.4, -0.2) is 45.1 Å². The number of carbonyl (C=O) groups is 1. The van der Waals surface area contributed by atoms with Crippen LogP contribution in [-0.2, 0) is 20.4 Å². The van der Waals surface area contributed by atoms with E-state index in [1.54, 1.807) is 6.07 Å². The molecule has 1 aromatic carbocycles. The van der Waals surface area contributed by atoms with Crippen LogP contribution in [0, 0.1) is 17.7 Å². The van der Waals surface area contributed by atoms with Gasteiger partial charge in [0.15, 0.2) is 9.84 Å². The Hall–Kier alpha value is -1.63. The molecule has 0 bridgehead atoms. The molecule has 0 aliphatic carbocycles. The molecule has 1 saturated heterocycles. The highest BCUT2D eigenvalue weighted by atomic mass is 32.2. The van der Waals surface area contributed by atoms with Crippen molar-refractivity contribution in [3.8, 4) is 0 Å². The molecule has 0 spiro atoms. The maximum Gasteiger partial charge on any atom is 0.241 e.